The molecule has 12 nitrogen and oxygen atoms in total. The van der Waals surface area contributed by atoms with Crippen molar-refractivity contribution >= 4 is 6.09 Å². The van der Waals surface area contributed by atoms with Gasteiger partial charge in [-0.15, -0.1) is 5.10 Å². The molecule has 1 aromatic carbocycles. The minimum absolute atomic E-state index is 0.0395. The zero-order chi connectivity index (χ0) is 32.5. The average molecular weight is 638 g/mol. The monoisotopic (exact) mass is 637 g/mol. The van der Waals surface area contributed by atoms with Crippen LogP contribution in [0, 0.1) is 17.5 Å². The Labute approximate surface area is 258 Å². The number of hydrogen-bond donors (Lipinski definition) is 2. The number of amides is 1. The van der Waals surface area contributed by atoms with Crippen LogP contribution >= 0.6 is 0 Å². The Morgan fingerprint density at radius 1 is 1.11 bits per heavy atom. The van der Waals surface area contributed by atoms with E-state index in [1.807, 2.05) is 26.8 Å². The number of piperidine rings is 1. The van der Waals surface area contributed by atoms with Crippen molar-refractivity contribution in [3.05, 3.63) is 53.3 Å². The van der Waals surface area contributed by atoms with Gasteiger partial charge >= 0.3 is 6.09 Å². The normalized spacial score (nSPS) is 24.6. The first-order chi connectivity index (χ1) is 21.4. The maximum Gasteiger partial charge on any atom is 0.410 e. The molecule has 2 aliphatic heterocycles. The van der Waals surface area contributed by atoms with Gasteiger partial charge in [0.25, 0.3) is 0 Å². The van der Waals surface area contributed by atoms with Crippen molar-refractivity contribution in [1.82, 2.24) is 25.1 Å². The molecular formula is C30H38F3N5O7. The van der Waals surface area contributed by atoms with E-state index in [0.717, 1.165) is 12.1 Å². The van der Waals surface area contributed by atoms with Crippen LogP contribution in [-0.2, 0) is 20.6 Å². The third kappa shape index (κ3) is 7.32. The van der Waals surface area contributed by atoms with Gasteiger partial charge in [-0.25, -0.2) is 22.6 Å². The molecule has 5 atom stereocenters. The molecular weight excluding hydrogens is 599 g/mol. The van der Waals surface area contributed by atoms with E-state index >= 15 is 0 Å². The summed E-state index contributed by atoms with van der Waals surface area (Å²) in [5, 5.41) is 33.5. The van der Waals surface area contributed by atoms with Crippen LogP contribution in [0.5, 0.6) is 0 Å². The lowest BCUT2D eigenvalue weighted by Crippen LogP contribution is -2.57. The molecule has 246 valence electrons. The predicted molar refractivity (Wildman–Crippen MR) is 152 cm³/mol. The number of carbonyl (C=O) groups is 1. The van der Waals surface area contributed by atoms with Gasteiger partial charge in [0.1, 0.15) is 41.4 Å². The van der Waals surface area contributed by atoms with Gasteiger partial charge in [0.15, 0.2) is 17.5 Å². The molecule has 5 rings (SSSR count). The van der Waals surface area contributed by atoms with E-state index in [9.17, 15) is 28.2 Å². The first-order valence-corrected chi connectivity index (χ1v) is 14.9. The van der Waals surface area contributed by atoms with Crippen LogP contribution in [0.3, 0.4) is 0 Å². The number of nitrogens with zero attached hydrogens (tertiary/aromatic N) is 5. The van der Waals surface area contributed by atoms with Crippen molar-refractivity contribution in [3.63, 3.8) is 0 Å². The number of ether oxygens (including phenoxy) is 3. The van der Waals surface area contributed by atoms with Gasteiger partial charge in [-0.05, 0) is 52.7 Å². The molecule has 2 fully saturated rings. The molecule has 4 heterocycles. The van der Waals surface area contributed by atoms with E-state index in [4.69, 9.17) is 18.7 Å². The fraction of sp³-hybridized carbons (Fsp3) is 0.600. The van der Waals surface area contributed by atoms with Gasteiger partial charge in [0.05, 0.1) is 24.6 Å². The maximum atomic E-state index is 13.9. The fourth-order valence-electron chi connectivity index (χ4n) is 5.79. The molecule has 1 amide bonds. The third-order valence-corrected chi connectivity index (χ3v) is 7.95. The summed E-state index contributed by atoms with van der Waals surface area (Å²) in [6.07, 6.45) is -1.25. The van der Waals surface area contributed by atoms with Gasteiger partial charge in [-0.1, -0.05) is 10.4 Å². The molecule has 2 saturated heterocycles. The van der Waals surface area contributed by atoms with E-state index in [-0.39, 0.29) is 36.3 Å². The highest BCUT2D eigenvalue weighted by Crippen LogP contribution is 2.35. The molecule has 0 bridgehead atoms. The van der Waals surface area contributed by atoms with Crippen molar-refractivity contribution < 1.29 is 46.9 Å². The minimum atomic E-state index is -1.60. The zero-order valence-corrected chi connectivity index (χ0v) is 25.5. The highest BCUT2D eigenvalue weighted by molar-refractivity contribution is 5.68. The summed E-state index contributed by atoms with van der Waals surface area (Å²) in [6, 6.07) is 2.52. The molecule has 0 aliphatic carbocycles. The number of carbonyl (C=O) groups excluding carboxylic acids is 1. The smallest absolute Gasteiger partial charge is 0.410 e. The Morgan fingerprint density at radius 2 is 1.80 bits per heavy atom. The average Bonchev–Trinajstić information content (AvgIpc) is 3.67. The number of halogens is 3. The lowest BCUT2D eigenvalue weighted by molar-refractivity contribution is -0.217. The van der Waals surface area contributed by atoms with Gasteiger partial charge in [0, 0.05) is 43.7 Å². The Kier molecular flexibility index (Phi) is 9.82. The highest BCUT2D eigenvalue weighted by atomic mass is 19.2. The maximum absolute atomic E-state index is 13.9. The summed E-state index contributed by atoms with van der Waals surface area (Å²) >= 11 is 0. The number of aliphatic hydroxyl groups excluding tert-OH is 2. The molecule has 2 aliphatic rings. The topological polar surface area (TPSA) is 145 Å². The number of aromatic nitrogens is 4. The number of rotatable bonds is 8. The molecule has 0 spiro atoms. The second kappa shape index (κ2) is 13.4. The molecule has 0 unspecified atom stereocenters. The van der Waals surface area contributed by atoms with Crippen LogP contribution in [0.4, 0.5) is 18.0 Å². The van der Waals surface area contributed by atoms with Crippen molar-refractivity contribution in [2.45, 2.75) is 88.9 Å². The summed E-state index contributed by atoms with van der Waals surface area (Å²) in [5.74, 6) is -3.63. The Balaban J connectivity index is 1.32. The summed E-state index contributed by atoms with van der Waals surface area (Å²) in [4.78, 5) is 14.1. The van der Waals surface area contributed by atoms with Crippen molar-refractivity contribution in [1.29, 1.82) is 0 Å². The first-order valence-electron chi connectivity index (χ1n) is 14.9. The Hall–Kier alpha value is -3.53. The van der Waals surface area contributed by atoms with Gasteiger partial charge in [-0.2, -0.15) is 0 Å². The van der Waals surface area contributed by atoms with Crippen LogP contribution in [0.25, 0.3) is 11.3 Å². The molecule has 15 heteroatoms. The molecule has 2 N–H and O–H groups in total. The predicted octanol–water partition coefficient (Wildman–Crippen LogP) is 3.77. The van der Waals surface area contributed by atoms with Gasteiger partial charge in [0.2, 0.25) is 0 Å². The number of likely N-dealkylation sites (tertiary alicyclic amines) is 1. The highest BCUT2D eigenvalue weighted by Gasteiger charge is 2.47. The first kappa shape index (κ1) is 32.9. The number of hydrogen-bond acceptors (Lipinski definition) is 10. The summed E-state index contributed by atoms with van der Waals surface area (Å²) in [5.41, 5.74) is -0.0134. The fourth-order valence-corrected chi connectivity index (χ4v) is 5.79. The zero-order valence-electron chi connectivity index (χ0n) is 25.5. The largest absolute Gasteiger partial charge is 0.444 e. The van der Waals surface area contributed by atoms with E-state index < -0.39 is 60.1 Å². The second-order valence-corrected chi connectivity index (χ2v) is 12.3. The summed E-state index contributed by atoms with van der Waals surface area (Å²) in [6.45, 7) is 8.02. The quantitative estimate of drug-likeness (QED) is 0.350. The van der Waals surface area contributed by atoms with Crippen LogP contribution < -0.4 is 0 Å². The van der Waals surface area contributed by atoms with Crippen molar-refractivity contribution in [2.24, 2.45) is 0 Å². The second-order valence-electron chi connectivity index (χ2n) is 12.3. The molecule has 2 aromatic heterocycles. The molecule has 45 heavy (non-hydrogen) atoms. The van der Waals surface area contributed by atoms with E-state index in [2.05, 4.69) is 15.5 Å². The van der Waals surface area contributed by atoms with Crippen molar-refractivity contribution in [2.75, 3.05) is 26.3 Å². The molecule has 0 saturated carbocycles. The van der Waals surface area contributed by atoms with E-state index in [0.29, 0.717) is 37.4 Å². The Morgan fingerprint density at radius 3 is 2.42 bits per heavy atom. The number of benzene rings is 1. The van der Waals surface area contributed by atoms with Crippen LogP contribution in [-0.4, -0.2) is 97.7 Å². The lowest BCUT2D eigenvalue weighted by Gasteiger charge is -2.44. The minimum Gasteiger partial charge on any atom is -0.444 e. The Bertz CT molecular complexity index is 1450. The van der Waals surface area contributed by atoms with Gasteiger partial charge in [-0.3, -0.25) is 0 Å². The van der Waals surface area contributed by atoms with Gasteiger partial charge < -0.3 is 33.8 Å². The number of aliphatic hydroxyl groups is 2. The van der Waals surface area contributed by atoms with Crippen LogP contribution in [0.2, 0.25) is 0 Å². The van der Waals surface area contributed by atoms with E-state index in [1.54, 1.807) is 11.8 Å². The molecule has 0 radical (unpaired) electrons. The summed E-state index contributed by atoms with van der Waals surface area (Å²) < 4.78 is 65.8. The third-order valence-electron chi connectivity index (χ3n) is 7.95. The van der Waals surface area contributed by atoms with Crippen LogP contribution in [0.15, 0.2) is 28.9 Å². The van der Waals surface area contributed by atoms with E-state index in [1.165, 1.54) is 10.9 Å². The lowest BCUT2D eigenvalue weighted by atomic mass is 9.89. The standard InChI is InChI=1S/C30H38F3N5O7/c1-5-42-28-23(13-18-12-22(45-35-18)16-6-8-37(9-7-16)29(41)44-30(2,3)4)43-24(15-39)27(40)26(28)38-14-21(34-36-38)17-10-19(31)25(33)20(32)11-17/h10-12,14,16,23-24,26-28,39-40H,5-9,13,15H2,1-4H3/t23-,24-,26+,27+,28+/m1/s1. The van der Waals surface area contributed by atoms with Crippen molar-refractivity contribution in [3.8, 4) is 11.3 Å². The van der Waals surface area contributed by atoms with Crippen LogP contribution in [0.1, 0.15) is 64.0 Å². The molecule has 3 aromatic rings. The summed E-state index contributed by atoms with van der Waals surface area (Å²) in [7, 11) is 0. The SMILES string of the molecule is CCO[C@@H]1[C@@H](n2cc(-c3cc(F)c(F)c(F)c3)nn2)[C@@H](O)[C@@H](CO)O[C@@H]1Cc1cc(C2CCN(C(=O)OC(C)(C)C)CC2)on1.